The molecule has 2 aromatic rings. The van der Waals surface area contributed by atoms with E-state index in [2.05, 4.69) is 80.9 Å². The molecule has 0 atom stereocenters. The minimum Gasteiger partial charge on any atom is -0.364 e. The number of hydrogen-bond acceptors (Lipinski definition) is 4. The number of aromatic nitrogens is 1. The summed E-state index contributed by atoms with van der Waals surface area (Å²) in [6.07, 6.45) is 8.46. The van der Waals surface area contributed by atoms with Crippen molar-refractivity contribution in [1.82, 2.24) is 15.6 Å². The third-order valence-electron chi connectivity index (χ3n) is 5.69. The van der Waals surface area contributed by atoms with Crippen molar-refractivity contribution in [3.8, 4) is 0 Å². The summed E-state index contributed by atoms with van der Waals surface area (Å²) < 4.78 is 0. The van der Waals surface area contributed by atoms with E-state index in [9.17, 15) is 0 Å². The van der Waals surface area contributed by atoms with Gasteiger partial charge in [0.25, 0.3) is 0 Å². The number of rotatable bonds is 6. The van der Waals surface area contributed by atoms with Crippen molar-refractivity contribution in [2.45, 2.75) is 32.4 Å². The average Bonchev–Trinajstić information content (AvgIpc) is 3.34. The number of halogens is 1. The van der Waals surface area contributed by atoms with Crippen LogP contribution in [0.2, 0.25) is 0 Å². The summed E-state index contributed by atoms with van der Waals surface area (Å²) in [5.74, 6) is 1.98. The number of hydrogen-bond donors (Lipinski definition) is 2. The lowest BCUT2D eigenvalue weighted by molar-refractivity contribution is 0.459. The van der Waals surface area contributed by atoms with E-state index in [0.29, 0.717) is 12.6 Å². The number of aliphatic imine (C=N–C) groups is 1. The lowest BCUT2D eigenvalue weighted by Gasteiger charge is -2.33. The Hall–Kier alpha value is -2.29. The first-order chi connectivity index (χ1) is 14.8. The third kappa shape index (κ3) is 6.59. The van der Waals surface area contributed by atoms with Crippen molar-refractivity contribution in [3.05, 3.63) is 66.4 Å². The molecule has 0 aliphatic carbocycles. The highest BCUT2D eigenvalue weighted by Gasteiger charge is 2.20. The Bertz CT molecular complexity index is 836. The van der Waals surface area contributed by atoms with E-state index in [1.807, 2.05) is 12.3 Å². The molecule has 2 N–H and O–H groups in total. The van der Waals surface area contributed by atoms with E-state index in [1.165, 1.54) is 11.3 Å². The molecule has 1 aromatic carbocycles. The molecule has 0 bridgehead atoms. The van der Waals surface area contributed by atoms with Crippen LogP contribution in [-0.2, 0) is 6.54 Å². The molecule has 1 fully saturated rings. The second-order valence-electron chi connectivity index (χ2n) is 7.83. The Kier molecular flexibility index (Phi) is 8.99. The molecule has 4 rings (SSSR count). The summed E-state index contributed by atoms with van der Waals surface area (Å²) in [5, 5.41) is 7.03. The fraction of sp³-hybridized carbons (Fsp3) is 0.417. The topological polar surface area (TPSA) is 55.8 Å². The van der Waals surface area contributed by atoms with Crippen LogP contribution in [0.1, 0.15) is 25.3 Å². The van der Waals surface area contributed by atoms with Gasteiger partial charge in [0.1, 0.15) is 5.82 Å². The highest BCUT2D eigenvalue weighted by atomic mass is 127. The first-order valence-corrected chi connectivity index (χ1v) is 11.0. The summed E-state index contributed by atoms with van der Waals surface area (Å²) in [7, 11) is 0. The summed E-state index contributed by atoms with van der Waals surface area (Å²) >= 11 is 0. The molecule has 0 amide bonds. The van der Waals surface area contributed by atoms with Crippen molar-refractivity contribution in [2.24, 2.45) is 4.99 Å². The molecular formula is C24H33IN6. The number of pyridine rings is 1. The Labute approximate surface area is 202 Å². The quantitative estimate of drug-likeness (QED) is 0.257. The van der Waals surface area contributed by atoms with Gasteiger partial charge >= 0.3 is 0 Å². The van der Waals surface area contributed by atoms with E-state index in [0.717, 1.165) is 57.3 Å². The van der Waals surface area contributed by atoms with Crippen LogP contribution in [0.5, 0.6) is 0 Å². The van der Waals surface area contributed by atoms with E-state index in [1.54, 1.807) is 0 Å². The molecule has 1 saturated heterocycles. The van der Waals surface area contributed by atoms with Crippen LogP contribution in [0, 0.1) is 0 Å². The normalized spacial score (nSPS) is 16.9. The second-order valence-corrected chi connectivity index (χ2v) is 7.83. The second kappa shape index (κ2) is 11.9. The van der Waals surface area contributed by atoms with Gasteiger partial charge in [-0.1, -0.05) is 30.4 Å². The molecule has 2 aliphatic heterocycles. The lowest BCUT2D eigenvalue weighted by atomic mass is 10.1. The number of guanidine groups is 1. The van der Waals surface area contributed by atoms with Crippen LogP contribution in [0.15, 0.2) is 65.8 Å². The van der Waals surface area contributed by atoms with Crippen LogP contribution in [0.25, 0.3) is 0 Å². The molecule has 0 radical (unpaired) electrons. The molecule has 166 valence electrons. The summed E-state index contributed by atoms with van der Waals surface area (Å²) in [6, 6.07) is 15.3. The van der Waals surface area contributed by atoms with E-state index < -0.39 is 0 Å². The molecular weight excluding hydrogens is 499 g/mol. The number of piperidine rings is 1. The molecule has 31 heavy (non-hydrogen) atoms. The van der Waals surface area contributed by atoms with Crippen LogP contribution in [-0.4, -0.2) is 49.7 Å². The Morgan fingerprint density at radius 1 is 1.03 bits per heavy atom. The largest absolute Gasteiger partial charge is 0.364 e. The molecule has 7 heteroatoms. The van der Waals surface area contributed by atoms with Gasteiger partial charge in [-0.2, -0.15) is 0 Å². The fourth-order valence-corrected chi connectivity index (χ4v) is 3.98. The number of nitrogens with one attached hydrogen (secondary N) is 2. The minimum absolute atomic E-state index is 0. The van der Waals surface area contributed by atoms with Crippen molar-refractivity contribution in [1.29, 1.82) is 0 Å². The van der Waals surface area contributed by atoms with Gasteiger partial charge in [0.05, 0.1) is 6.54 Å². The summed E-state index contributed by atoms with van der Waals surface area (Å²) in [6.45, 7) is 7.69. The Morgan fingerprint density at radius 3 is 2.42 bits per heavy atom. The van der Waals surface area contributed by atoms with Gasteiger partial charge in [-0.3, -0.25) is 0 Å². The summed E-state index contributed by atoms with van der Waals surface area (Å²) in [4.78, 5) is 14.0. The third-order valence-corrected chi connectivity index (χ3v) is 5.69. The van der Waals surface area contributed by atoms with Gasteiger partial charge in [-0.15, -0.1) is 24.0 Å². The zero-order chi connectivity index (χ0) is 20.6. The van der Waals surface area contributed by atoms with Gasteiger partial charge in [-0.25, -0.2) is 9.98 Å². The average molecular weight is 532 g/mol. The molecule has 0 spiro atoms. The highest BCUT2D eigenvalue weighted by Crippen LogP contribution is 2.19. The van der Waals surface area contributed by atoms with E-state index >= 15 is 0 Å². The first kappa shape index (κ1) is 23.4. The van der Waals surface area contributed by atoms with Gasteiger partial charge < -0.3 is 20.4 Å². The van der Waals surface area contributed by atoms with Crippen molar-refractivity contribution in [3.63, 3.8) is 0 Å². The zero-order valence-electron chi connectivity index (χ0n) is 18.2. The molecule has 1 aromatic heterocycles. The van der Waals surface area contributed by atoms with Crippen LogP contribution < -0.4 is 20.4 Å². The van der Waals surface area contributed by atoms with Gasteiger partial charge in [0, 0.05) is 50.6 Å². The number of benzene rings is 1. The van der Waals surface area contributed by atoms with E-state index in [4.69, 9.17) is 4.99 Å². The SMILES string of the molecule is CCNC(=NCc1ccc(N2CC=CC2)cc1)NC1CCN(c2ccccn2)CC1.I. The number of nitrogens with zero attached hydrogens (tertiary/aromatic N) is 4. The molecule has 0 saturated carbocycles. The molecule has 3 heterocycles. The predicted octanol–water partition coefficient (Wildman–Crippen LogP) is 3.80. The van der Waals surface area contributed by atoms with E-state index in [-0.39, 0.29) is 24.0 Å². The lowest BCUT2D eigenvalue weighted by Crippen LogP contribution is -2.48. The maximum atomic E-state index is 4.82. The smallest absolute Gasteiger partial charge is 0.191 e. The van der Waals surface area contributed by atoms with Gasteiger partial charge in [0.15, 0.2) is 5.96 Å². The fourth-order valence-electron chi connectivity index (χ4n) is 3.98. The molecule has 6 nitrogen and oxygen atoms in total. The molecule has 0 unspecified atom stereocenters. The van der Waals surface area contributed by atoms with Crippen LogP contribution >= 0.6 is 24.0 Å². The highest BCUT2D eigenvalue weighted by molar-refractivity contribution is 14.0. The first-order valence-electron chi connectivity index (χ1n) is 11.0. The van der Waals surface area contributed by atoms with Crippen LogP contribution in [0.4, 0.5) is 11.5 Å². The Balaban J connectivity index is 0.00000272. The van der Waals surface area contributed by atoms with Gasteiger partial charge in [-0.05, 0) is 49.6 Å². The Morgan fingerprint density at radius 2 is 1.77 bits per heavy atom. The predicted molar refractivity (Wildman–Crippen MR) is 141 cm³/mol. The maximum Gasteiger partial charge on any atom is 0.191 e. The number of anilines is 2. The molecule has 2 aliphatic rings. The maximum absolute atomic E-state index is 4.82. The van der Waals surface area contributed by atoms with Crippen molar-refractivity contribution >= 4 is 41.4 Å². The van der Waals surface area contributed by atoms with Gasteiger partial charge in [0.2, 0.25) is 0 Å². The zero-order valence-corrected chi connectivity index (χ0v) is 20.5. The monoisotopic (exact) mass is 532 g/mol. The standard InChI is InChI=1S/C24H32N6.HI/c1-2-25-24(27-19-20-8-10-22(11-9-20)29-15-5-6-16-29)28-21-12-17-30(18-13-21)23-7-3-4-14-26-23;/h3-11,14,21H,2,12-13,15-19H2,1H3,(H2,25,27,28);1H. The van der Waals surface area contributed by atoms with Crippen LogP contribution in [0.3, 0.4) is 0 Å². The summed E-state index contributed by atoms with van der Waals surface area (Å²) in [5.41, 5.74) is 2.51. The van der Waals surface area contributed by atoms with Crippen molar-refractivity contribution in [2.75, 3.05) is 42.5 Å². The minimum atomic E-state index is 0. The van der Waals surface area contributed by atoms with Crippen molar-refractivity contribution < 1.29 is 0 Å².